The van der Waals surface area contributed by atoms with Crippen LogP contribution in [0.1, 0.15) is 30.0 Å². The first kappa shape index (κ1) is 20.4. The van der Waals surface area contributed by atoms with Crippen LogP contribution >= 0.6 is 0 Å². The summed E-state index contributed by atoms with van der Waals surface area (Å²) in [5.41, 5.74) is 2.97. The summed E-state index contributed by atoms with van der Waals surface area (Å²) in [6.45, 7) is 5.85. The van der Waals surface area contributed by atoms with Gasteiger partial charge in [0.25, 0.3) is 0 Å². The predicted molar refractivity (Wildman–Crippen MR) is 109 cm³/mol. The average molecular weight is 371 g/mol. The fraction of sp³-hybridized carbons (Fsp3) is 0.381. The molecule has 0 unspecified atom stereocenters. The second-order valence-electron chi connectivity index (χ2n) is 6.23. The molecular formula is C21H29N3O3. The van der Waals surface area contributed by atoms with Crippen molar-refractivity contribution >= 4 is 5.96 Å². The van der Waals surface area contributed by atoms with Gasteiger partial charge in [-0.05, 0) is 43.2 Å². The highest BCUT2D eigenvalue weighted by Crippen LogP contribution is 2.23. The fourth-order valence-electron chi connectivity index (χ4n) is 2.56. The van der Waals surface area contributed by atoms with E-state index in [2.05, 4.69) is 47.7 Å². The van der Waals surface area contributed by atoms with Crippen molar-refractivity contribution in [1.82, 2.24) is 10.6 Å². The van der Waals surface area contributed by atoms with E-state index < -0.39 is 0 Å². The Kier molecular flexibility index (Phi) is 7.79. The maximum absolute atomic E-state index is 10.00. The number of aromatic hydroxyl groups is 1. The van der Waals surface area contributed by atoms with Crippen molar-refractivity contribution in [2.75, 3.05) is 20.8 Å². The molecule has 0 saturated carbocycles. The standard InChI is InChI=1S/C21H29N3O3/c1-5-10-27-20-11-15(2)6-7-16(20)13-23-21(22-3)24-14-17-12-18(26-4)8-9-19(17)25/h6-9,11-12,25H,5,10,13-14H2,1-4H3,(H2,22,23,24). The van der Waals surface area contributed by atoms with Crippen LogP contribution in [0.2, 0.25) is 0 Å². The van der Waals surface area contributed by atoms with Crippen molar-refractivity contribution in [3.63, 3.8) is 0 Å². The van der Waals surface area contributed by atoms with Gasteiger partial charge in [-0.2, -0.15) is 0 Å². The summed E-state index contributed by atoms with van der Waals surface area (Å²) in [6, 6.07) is 11.3. The van der Waals surface area contributed by atoms with Crippen molar-refractivity contribution in [1.29, 1.82) is 0 Å². The van der Waals surface area contributed by atoms with Gasteiger partial charge in [0.15, 0.2) is 5.96 Å². The summed E-state index contributed by atoms with van der Waals surface area (Å²) in [5.74, 6) is 2.45. The van der Waals surface area contributed by atoms with Gasteiger partial charge in [-0.15, -0.1) is 0 Å². The molecule has 27 heavy (non-hydrogen) atoms. The minimum atomic E-state index is 0.215. The van der Waals surface area contributed by atoms with Crippen molar-refractivity contribution in [2.24, 2.45) is 4.99 Å². The second kappa shape index (κ2) is 10.3. The predicted octanol–water partition coefficient (Wildman–Crippen LogP) is 3.36. The molecule has 0 aliphatic carbocycles. The summed E-state index contributed by atoms with van der Waals surface area (Å²) >= 11 is 0. The van der Waals surface area contributed by atoms with Crippen LogP contribution < -0.4 is 20.1 Å². The number of aryl methyl sites for hydroxylation is 1. The minimum Gasteiger partial charge on any atom is -0.508 e. The van der Waals surface area contributed by atoms with Crippen LogP contribution in [0.4, 0.5) is 0 Å². The molecule has 0 aliphatic rings. The molecule has 0 saturated heterocycles. The Bertz CT molecular complexity index is 775. The Morgan fingerprint density at radius 3 is 2.48 bits per heavy atom. The molecule has 146 valence electrons. The molecule has 0 radical (unpaired) electrons. The van der Waals surface area contributed by atoms with Crippen LogP contribution in [-0.2, 0) is 13.1 Å². The van der Waals surface area contributed by atoms with E-state index in [9.17, 15) is 5.11 Å². The van der Waals surface area contributed by atoms with Crippen LogP contribution in [0.25, 0.3) is 0 Å². The largest absolute Gasteiger partial charge is 0.508 e. The number of rotatable bonds is 8. The summed E-state index contributed by atoms with van der Waals surface area (Å²) in [4.78, 5) is 4.24. The van der Waals surface area contributed by atoms with Crippen molar-refractivity contribution < 1.29 is 14.6 Å². The molecule has 0 aromatic heterocycles. The molecule has 2 rings (SSSR count). The van der Waals surface area contributed by atoms with Crippen LogP contribution in [0.15, 0.2) is 41.4 Å². The number of methoxy groups -OCH3 is 1. The van der Waals surface area contributed by atoms with Gasteiger partial charge in [0, 0.05) is 31.3 Å². The van der Waals surface area contributed by atoms with E-state index in [1.807, 2.05) is 0 Å². The maximum atomic E-state index is 10.00. The van der Waals surface area contributed by atoms with Gasteiger partial charge in [-0.1, -0.05) is 19.1 Å². The Morgan fingerprint density at radius 1 is 1.07 bits per heavy atom. The molecule has 0 atom stereocenters. The van der Waals surface area contributed by atoms with Gasteiger partial charge in [0.2, 0.25) is 0 Å². The number of nitrogens with one attached hydrogen (secondary N) is 2. The zero-order chi connectivity index (χ0) is 19.6. The maximum Gasteiger partial charge on any atom is 0.191 e. The molecule has 0 fully saturated rings. The third kappa shape index (κ3) is 6.09. The molecule has 0 aliphatic heterocycles. The number of phenols is 1. The summed E-state index contributed by atoms with van der Waals surface area (Å²) in [5, 5.41) is 16.5. The Balaban J connectivity index is 1.98. The van der Waals surface area contributed by atoms with Gasteiger partial charge >= 0.3 is 0 Å². The number of aliphatic imine (C=N–C) groups is 1. The number of guanidine groups is 1. The lowest BCUT2D eigenvalue weighted by Gasteiger charge is -2.16. The topological polar surface area (TPSA) is 75.1 Å². The van der Waals surface area contributed by atoms with E-state index in [1.54, 1.807) is 32.4 Å². The number of hydrogen-bond donors (Lipinski definition) is 3. The molecule has 0 heterocycles. The lowest BCUT2D eigenvalue weighted by Crippen LogP contribution is -2.36. The van der Waals surface area contributed by atoms with E-state index in [1.165, 1.54) is 5.56 Å². The van der Waals surface area contributed by atoms with Crippen molar-refractivity contribution in [3.05, 3.63) is 53.1 Å². The number of hydrogen-bond acceptors (Lipinski definition) is 4. The number of ether oxygens (including phenoxy) is 2. The fourth-order valence-corrected chi connectivity index (χ4v) is 2.56. The van der Waals surface area contributed by atoms with Crippen molar-refractivity contribution in [2.45, 2.75) is 33.4 Å². The molecule has 0 spiro atoms. The second-order valence-corrected chi connectivity index (χ2v) is 6.23. The number of phenolic OH excluding ortho intramolecular Hbond substituents is 1. The SMILES string of the molecule is CCCOc1cc(C)ccc1CNC(=NC)NCc1cc(OC)ccc1O. The van der Waals surface area contributed by atoms with Gasteiger partial charge < -0.3 is 25.2 Å². The van der Waals surface area contributed by atoms with E-state index in [-0.39, 0.29) is 5.75 Å². The number of benzene rings is 2. The first-order valence-electron chi connectivity index (χ1n) is 9.10. The number of nitrogens with zero attached hydrogens (tertiary/aromatic N) is 1. The lowest BCUT2D eigenvalue weighted by atomic mass is 10.1. The van der Waals surface area contributed by atoms with Crippen LogP contribution in [0, 0.1) is 6.92 Å². The summed E-state index contributed by atoms with van der Waals surface area (Å²) in [6.07, 6.45) is 0.966. The quantitative estimate of drug-likeness (QED) is 0.490. The van der Waals surface area contributed by atoms with Crippen molar-refractivity contribution in [3.8, 4) is 17.2 Å². The van der Waals surface area contributed by atoms with Crippen LogP contribution in [0.5, 0.6) is 17.2 Å². The minimum absolute atomic E-state index is 0.215. The molecule has 0 amide bonds. The highest BCUT2D eigenvalue weighted by molar-refractivity contribution is 5.79. The zero-order valence-electron chi connectivity index (χ0n) is 16.5. The van der Waals surface area contributed by atoms with E-state index in [0.717, 1.165) is 23.3 Å². The first-order chi connectivity index (χ1) is 13.1. The molecule has 2 aromatic carbocycles. The normalized spacial score (nSPS) is 11.2. The van der Waals surface area contributed by atoms with E-state index >= 15 is 0 Å². The lowest BCUT2D eigenvalue weighted by molar-refractivity contribution is 0.313. The zero-order valence-corrected chi connectivity index (χ0v) is 16.5. The van der Waals surface area contributed by atoms with Gasteiger partial charge in [0.05, 0.1) is 13.7 Å². The molecule has 0 bridgehead atoms. The summed E-state index contributed by atoms with van der Waals surface area (Å²) < 4.78 is 11.1. The van der Waals surface area contributed by atoms with E-state index in [0.29, 0.717) is 31.4 Å². The molecular weight excluding hydrogens is 342 g/mol. The monoisotopic (exact) mass is 371 g/mol. The third-order valence-electron chi connectivity index (χ3n) is 4.09. The Hall–Kier alpha value is -2.89. The first-order valence-corrected chi connectivity index (χ1v) is 9.10. The Labute approximate surface area is 161 Å². The summed E-state index contributed by atoms with van der Waals surface area (Å²) in [7, 11) is 3.31. The van der Waals surface area contributed by atoms with Gasteiger partial charge in [0.1, 0.15) is 17.2 Å². The molecule has 2 aromatic rings. The van der Waals surface area contributed by atoms with Crippen LogP contribution in [-0.4, -0.2) is 31.8 Å². The highest BCUT2D eigenvalue weighted by Gasteiger charge is 2.08. The highest BCUT2D eigenvalue weighted by atomic mass is 16.5. The smallest absolute Gasteiger partial charge is 0.191 e. The molecule has 6 heteroatoms. The average Bonchev–Trinajstić information content (AvgIpc) is 2.68. The third-order valence-corrected chi connectivity index (χ3v) is 4.09. The van der Waals surface area contributed by atoms with E-state index in [4.69, 9.17) is 9.47 Å². The van der Waals surface area contributed by atoms with Gasteiger partial charge in [-0.25, -0.2) is 0 Å². The Morgan fingerprint density at radius 2 is 1.81 bits per heavy atom. The van der Waals surface area contributed by atoms with Gasteiger partial charge in [-0.3, -0.25) is 4.99 Å². The van der Waals surface area contributed by atoms with Crippen LogP contribution in [0.3, 0.4) is 0 Å². The molecule has 3 N–H and O–H groups in total. The molecule has 6 nitrogen and oxygen atoms in total.